The molecular weight excluding hydrogens is 427 g/mol. The van der Waals surface area contributed by atoms with Gasteiger partial charge in [0.05, 0.1) is 33.3 Å². The van der Waals surface area contributed by atoms with E-state index in [9.17, 15) is 22.8 Å². The molecule has 0 aromatic heterocycles. The number of hydrogen-bond acceptors (Lipinski definition) is 5. The topological polar surface area (TPSA) is 65.1 Å². The fraction of sp³-hybridized carbons (Fsp3) is 0.391. The van der Waals surface area contributed by atoms with Crippen molar-refractivity contribution in [3.8, 4) is 16.9 Å². The molecule has 0 aliphatic heterocycles. The molecule has 0 saturated carbocycles. The van der Waals surface area contributed by atoms with Gasteiger partial charge in [-0.25, -0.2) is 4.79 Å². The number of halogens is 3. The zero-order valence-electron chi connectivity index (χ0n) is 18.6. The average molecular weight is 453 g/mol. The normalized spacial score (nSPS) is 11.1. The lowest BCUT2D eigenvalue weighted by Crippen LogP contribution is -2.30. The van der Waals surface area contributed by atoms with Crippen LogP contribution in [-0.4, -0.2) is 44.8 Å². The number of esters is 1. The predicted molar refractivity (Wildman–Crippen MR) is 112 cm³/mol. The largest absolute Gasteiger partial charge is 0.496 e. The Morgan fingerprint density at radius 3 is 2.22 bits per heavy atom. The monoisotopic (exact) mass is 453 g/mol. The van der Waals surface area contributed by atoms with Gasteiger partial charge >= 0.3 is 18.2 Å². The zero-order valence-corrected chi connectivity index (χ0v) is 18.6. The average Bonchev–Trinajstić information content (AvgIpc) is 2.77. The van der Waals surface area contributed by atoms with Crippen molar-refractivity contribution in [2.45, 2.75) is 33.0 Å². The van der Waals surface area contributed by atoms with E-state index in [1.54, 1.807) is 26.0 Å². The Bertz CT molecular complexity index is 988. The number of nitrogens with zero attached hydrogens (tertiary/aromatic N) is 1. The van der Waals surface area contributed by atoms with E-state index in [1.165, 1.54) is 32.3 Å². The van der Waals surface area contributed by atoms with Crippen LogP contribution < -0.4 is 4.74 Å². The number of ether oxygens (including phenoxy) is 3. The molecule has 174 valence electrons. The van der Waals surface area contributed by atoms with Gasteiger partial charge in [0.1, 0.15) is 5.75 Å². The molecule has 0 unspecified atom stereocenters. The second-order valence-electron chi connectivity index (χ2n) is 7.03. The van der Waals surface area contributed by atoms with Crippen molar-refractivity contribution in [3.63, 3.8) is 0 Å². The summed E-state index contributed by atoms with van der Waals surface area (Å²) in [6.45, 7) is 3.59. The van der Waals surface area contributed by atoms with E-state index < -0.39 is 23.8 Å². The number of benzene rings is 2. The first kappa shape index (κ1) is 25.0. The van der Waals surface area contributed by atoms with Crippen LogP contribution in [0.4, 0.5) is 18.0 Å². The molecule has 0 fully saturated rings. The van der Waals surface area contributed by atoms with Gasteiger partial charge in [-0.3, -0.25) is 4.79 Å². The molecule has 0 aliphatic rings. The van der Waals surface area contributed by atoms with Crippen LogP contribution >= 0.6 is 0 Å². The lowest BCUT2D eigenvalue weighted by Gasteiger charge is -2.24. The van der Waals surface area contributed by atoms with Gasteiger partial charge in [0.2, 0.25) is 0 Å². The summed E-state index contributed by atoms with van der Waals surface area (Å²) in [4.78, 5) is 25.2. The van der Waals surface area contributed by atoms with E-state index in [1.807, 2.05) is 0 Å². The summed E-state index contributed by atoms with van der Waals surface area (Å²) in [6, 6.07) is 6.73. The first-order valence-electron chi connectivity index (χ1n) is 9.83. The van der Waals surface area contributed by atoms with Crippen LogP contribution in [0.3, 0.4) is 0 Å². The van der Waals surface area contributed by atoms with E-state index in [0.29, 0.717) is 28.0 Å². The Hall–Kier alpha value is -3.23. The lowest BCUT2D eigenvalue weighted by molar-refractivity contribution is -0.140. The molecule has 2 aromatic rings. The van der Waals surface area contributed by atoms with Crippen LogP contribution in [-0.2, 0) is 33.4 Å². The summed E-state index contributed by atoms with van der Waals surface area (Å²) in [5.74, 6) is -0.0158. The van der Waals surface area contributed by atoms with Crippen molar-refractivity contribution in [2.75, 3.05) is 27.9 Å². The smallest absolute Gasteiger partial charge is 0.416 e. The Kier molecular flexibility index (Phi) is 8.13. The second-order valence-corrected chi connectivity index (χ2v) is 7.03. The number of carbonyl (C=O) groups is 2. The van der Waals surface area contributed by atoms with Crippen LogP contribution in [0.5, 0.6) is 5.75 Å². The Labute approximate surface area is 184 Å². The third-order valence-electron chi connectivity index (χ3n) is 5.20. The second kappa shape index (κ2) is 10.4. The first-order chi connectivity index (χ1) is 15.1. The summed E-state index contributed by atoms with van der Waals surface area (Å²) >= 11 is 0. The van der Waals surface area contributed by atoms with E-state index in [0.717, 1.165) is 12.1 Å². The highest BCUT2D eigenvalue weighted by Crippen LogP contribution is 2.40. The molecule has 0 spiro atoms. The van der Waals surface area contributed by atoms with Crippen molar-refractivity contribution >= 4 is 12.1 Å². The number of methoxy groups -OCH3 is 3. The van der Waals surface area contributed by atoms with Gasteiger partial charge < -0.3 is 19.1 Å². The molecule has 0 saturated heterocycles. The van der Waals surface area contributed by atoms with Gasteiger partial charge in [-0.05, 0) is 54.3 Å². The van der Waals surface area contributed by atoms with E-state index >= 15 is 0 Å². The molecule has 0 bridgehead atoms. The van der Waals surface area contributed by atoms with Gasteiger partial charge in [0.25, 0.3) is 0 Å². The lowest BCUT2D eigenvalue weighted by atomic mass is 9.90. The molecule has 0 atom stereocenters. The minimum absolute atomic E-state index is 0.00145. The van der Waals surface area contributed by atoms with E-state index in [4.69, 9.17) is 14.2 Å². The molecule has 6 nitrogen and oxygen atoms in total. The number of alkyl halides is 3. The minimum atomic E-state index is -4.55. The van der Waals surface area contributed by atoms with Crippen molar-refractivity contribution in [1.29, 1.82) is 0 Å². The Balaban J connectivity index is 2.74. The van der Waals surface area contributed by atoms with Crippen LogP contribution in [0.1, 0.15) is 29.2 Å². The Morgan fingerprint density at radius 2 is 1.69 bits per heavy atom. The molecule has 0 aliphatic carbocycles. The van der Waals surface area contributed by atoms with Crippen molar-refractivity contribution < 1.29 is 37.0 Å². The highest BCUT2D eigenvalue weighted by Gasteiger charge is 2.32. The summed E-state index contributed by atoms with van der Waals surface area (Å²) in [7, 11) is 3.94. The molecule has 2 aromatic carbocycles. The molecule has 2 rings (SSSR count). The molecule has 0 radical (unpaired) electrons. The molecule has 1 amide bonds. The van der Waals surface area contributed by atoms with Crippen LogP contribution in [0.25, 0.3) is 11.1 Å². The van der Waals surface area contributed by atoms with Gasteiger partial charge in [-0.2, -0.15) is 13.2 Å². The first-order valence-corrected chi connectivity index (χ1v) is 9.83. The fourth-order valence-corrected chi connectivity index (χ4v) is 3.44. The third-order valence-corrected chi connectivity index (χ3v) is 5.20. The van der Waals surface area contributed by atoms with Crippen LogP contribution in [0.15, 0.2) is 30.3 Å². The highest BCUT2D eigenvalue weighted by molar-refractivity contribution is 5.81. The van der Waals surface area contributed by atoms with E-state index in [-0.39, 0.29) is 25.1 Å². The molecule has 0 N–H and O–H groups in total. The highest BCUT2D eigenvalue weighted by atomic mass is 19.4. The third kappa shape index (κ3) is 5.52. The summed E-state index contributed by atoms with van der Waals surface area (Å²) in [6.07, 6.45) is -5.21. The standard InChI is InChI=1S/C23H26F3NO5/c1-6-27(22(29)32-5)13-16-11-17(23(24,25)26)8-9-18(16)21-14(2)15(12-20(28)31-4)7-10-19(21)30-3/h7-11H,6,12-13H2,1-5H3. The summed E-state index contributed by atoms with van der Waals surface area (Å²) in [5, 5.41) is 0. The van der Waals surface area contributed by atoms with Gasteiger partial charge in [-0.15, -0.1) is 0 Å². The number of carbonyl (C=O) groups excluding carboxylic acids is 2. The maximum Gasteiger partial charge on any atom is 0.416 e. The molecule has 32 heavy (non-hydrogen) atoms. The number of hydrogen-bond donors (Lipinski definition) is 0. The van der Waals surface area contributed by atoms with Gasteiger partial charge in [0.15, 0.2) is 0 Å². The van der Waals surface area contributed by atoms with Crippen LogP contribution in [0, 0.1) is 6.92 Å². The zero-order chi connectivity index (χ0) is 24.1. The Morgan fingerprint density at radius 1 is 1.00 bits per heavy atom. The maximum atomic E-state index is 13.4. The van der Waals surface area contributed by atoms with E-state index in [2.05, 4.69) is 0 Å². The van der Waals surface area contributed by atoms with Crippen LogP contribution in [0.2, 0.25) is 0 Å². The maximum absolute atomic E-state index is 13.4. The van der Waals surface area contributed by atoms with Crippen molar-refractivity contribution in [3.05, 3.63) is 52.6 Å². The fourth-order valence-electron chi connectivity index (χ4n) is 3.44. The molecular formula is C23H26F3NO5. The minimum Gasteiger partial charge on any atom is -0.496 e. The predicted octanol–water partition coefficient (Wildman–Crippen LogP) is 4.99. The summed E-state index contributed by atoms with van der Waals surface area (Å²) < 4.78 is 55.3. The van der Waals surface area contributed by atoms with Crippen molar-refractivity contribution in [2.24, 2.45) is 0 Å². The van der Waals surface area contributed by atoms with Crippen molar-refractivity contribution in [1.82, 2.24) is 4.90 Å². The molecule has 0 heterocycles. The molecule has 9 heteroatoms. The van der Waals surface area contributed by atoms with Gasteiger partial charge in [-0.1, -0.05) is 12.1 Å². The summed E-state index contributed by atoms with van der Waals surface area (Å²) in [5.41, 5.74) is 1.75. The number of amides is 1. The van der Waals surface area contributed by atoms with Gasteiger partial charge in [0, 0.05) is 18.7 Å². The number of rotatable bonds is 7. The SMILES string of the molecule is CCN(Cc1cc(C(F)(F)F)ccc1-c1c(OC)ccc(CC(=O)OC)c1C)C(=O)OC. The quantitative estimate of drug-likeness (QED) is 0.553.